The molecule has 1 aliphatic heterocycles. The number of piperidine rings is 1. The molecule has 1 heterocycles. The zero-order valence-corrected chi connectivity index (χ0v) is 16.0. The molecule has 0 radical (unpaired) electrons. The number of rotatable bonds is 5. The maximum absolute atomic E-state index is 11.9. The van der Waals surface area contributed by atoms with Crippen molar-refractivity contribution in [2.45, 2.75) is 60.3 Å². The van der Waals surface area contributed by atoms with Crippen LogP contribution in [-0.2, 0) is 4.79 Å². The molecular formula is C18H36N4O. The Labute approximate surface area is 142 Å². The molecule has 0 saturated carbocycles. The first-order valence-corrected chi connectivity index (χ1v) is 8.96. The maximum Gasteiger partial charge on any atom is 0.225 e. The standard InChI is InChI=1S/C18H36N4O/c1-7-9-18(5)10-8-13-22(14-18)16(19-6)21-12-11-20-15(23)17(2,3)4/h7-14H2,1-6H3,(H,19,21)(H,20,23). The maximum atomic E-state index is 11.9. The highest BCUT2D eigenvalue weighted by Gasteiger charge is 2.31. The monoisotopic (exact) mass is 324 g/mol. The third kappa shape index (κ3) is 6.40. The van der Waals surface area contributed by atoms with Gasteiger partial charge < -0.3 is 15.5 Å². The fraction of sp³-hybridized carbons (Fsp3) is 0.889. The van der Waals surface area contributed by atoms with Crippen LogP contribution in [0.1, 0.15) is 60.3 Å². The molecule has 1 saturated heterocycles. The number of likely N-dealkylation sites (tertiary alicyclic amines) is 1. The number of carbonyl (C=O) groups excluding carboxylic acids is 1. The lowest BCUT2D eigenvalue weighted by Crippen LogP contribution is -2.51. The first kappa shape index (κ1) is 19.8. The summed E-state index contributed by atoms with van der Waals surface area (Å²) >= 11 is 0. The molecule has 1 unspecified atom stereocenters. The molecule has 0 aliphatic carbocycles. The lowest BCUT2D eigenvalue weighted by atomic mass is 9.78. The van der Waals surface area contributed by atoms with E-state index >= 15 is 0 Å². The molecule has 1 aliphatic rings. The molecule has 0 aromatic heterocycles. The van der Waals surface area contributed by atoms with Gasteiger partial charge in [0, 0.05) is 38.6 Å². The van der Waals surface area contributed by atoms with E-state index in [4.69, 9.17) is 0 Å². The molecule has 134 valence electrons. The van der Waals surface area contributed by atoms with Crippen molar-refractivity contribution in [1.29, 1.82) is 0 Å². The predicted molar refractivity (Wildman–Crippen MR) is 97.6 cm³/mol. The first-order valence-electron chi connectivity index (χ1n) is 8.96. The van der Waals surface area contributed by atoms with Gasteiger partial charge in [0.2, 0.25) is 5.91 Å². The Morgan fingerprint density at radius 1 is 1.26 bits per heavy atom. The van der Waals surface area contributed by atoms with Crippen molar-refractivity contribution in [3.05, 3.63) is 0 Å². The van der Waals surface area contributed by atoms with Crippen LogP contribution < -0.4 is 10.6 Å². The number of amides is 1. The summed E-state index contributed by atoms with van der Waals surface area (Å²) in [7, 11) is 1.84. The van der Waals surface area contributed by atoms with Crippen LogP contribution in [0.4, 0.5) is 0 Å². The Morgan fingerprint density at radius 2 is 1.91 bits per heavy atom. The molecule has 0 spiro atoms. The van der Waals surface area contributed by atoms with Gasteiger partial charge in [0.1, 0.15) is 0 Å². The molecule has 1 fully saturated rings. The van der Waals surface area contributed by atoms with Gasteiger partial charge in [-0.15, -0.1) is 0 Å². The SMILES string of the molecule is CCCC1(C)CCCN(C(=NC)NCCNC(=O)C(C)(C)C)C1. The van der Waals surface area contributed by atoms with Crippen molar-refractivity contribution in [2.24, 2.45) is 15.8 Å². The highest BCUT2D eigenvalue weighted by molar-refractivity contribution is 5.82. The van der Waals surface area contributed by atoms with Crippen LogP contribution in [0.25, 0.3) is 0 Å². The van der Waals surface area contributed by atoms with Gasteiger partial charge in [0.05, 0.1) is 0 Å². The van der Waals surface area contributed by atoms with Crippen molar-refractivity contribution < 1.29 is 4.79 Å². The summed E-state index contributed by atoms with van der Waals surface area (Å²) in [6.45, 7) is 13.9. The second-order valence-corrected chi connectivity index (χ2v) is 8.07. The van der Waals surface area contributed by atoms with E-state index in [0.29, 0.717) is 18.5 Å². The molecule has 1 atom stereocenters. The normalized spacial score (nSPS) is 22.9. The quantitative estimate of drug-likeness (QED) is 0.464. The number of aliphatic imine (C=N–C) groups is 1. The van der Waals surface area contributed by atoms with Crippen LogP contribution in [0.15, 0.2) is 4.99 Å². The average Bonchev–Trinajstić information content (AvgIpc) is 2.46. The molecule has 1 rings (SSSR count). The summed E-state index contributed by atoms with van der Waals surface area (Å²) in [5, 5.41) is 6.35. The summed E-state index contributed by atoms with van der Waals surface area (Å²) in [5.41, 5.74) is 0.0571. The van der Waals surface area contributed by atoms with Crippen molar-refractivity contribution in [3.8, 4) is 0 Å². The number of hydrogen-bond acceptors (Lipinski definition) is 2. The fourth-order valence-corrected chi connectivity index (χ4v) is 3.25. The van der Waals surface area contributed by atoms with E-state index < -0.39 is 0 Å². The molecular weight excluding hydrogens is 288 g/mol. The minimum absolute atomic E-state index is 0.0859. The Bertz CT molecular complexity index is 410. The summed E-state index contributed by atoms with van der Waals surface area (Å²) in [5.74, 6) is 1.04. The van der Waals surface area contributed by atoms with E-state index in [9.17, 15) is 4.79 Å². The lowest BCUT2D eigenvalue weighted by Gasteiger charge is -2.42. The third-order valence-electron chi connectivity index (χ3n) is 4.52. The van der Waals surface area contributed by atoms with Crippen LogP contribution >= 0.6 is 0 Å². The van der Waals surface area contributed by atoms with Crippen LogP contribution in [0.3, 0.4) is 0 Å². The van der Waals surface area contributed by atoms with Crippen molar-refractivity contribution >= 4 is 11.9 Å². The lowest BCUT2D eigenvalue weighted by molar-refractivity contribution is -0.128. The molecule has 0 bridgehead atoms. The Hall–Kier alpha value is -1.26. The van der Waals surface area contributed by atoms with Crippen molar-refractivity contribution in [3.63, 3.8) is 0 Å². The van der Waals surface area contributed by atoms with Gasteiger partial charge in [0.25, 0.3) is 0 Å². The predicted octanol–water partition coefficient (Wildman–Crippen LogP) is 2.63. The number of nitrogens with one attached hydrogen (secondary N) is 2. The molecule has 5 heteroatoms. The number of nitrogens with zero attached hydrogens (tertiary/aromatic N) is 2. The van der Waals surface area contributed by atoms with E-state index in [0.717, 1.165) is 19.0 Å². The van der Waals surface area contributed by atoms with Crippen LogP contribution in [0.5, 0.6) is 0 Å². The van der Waals surface area contributed by atoms with Crippen molar-refractivity contribution in [2.75, 3.05) is 33.2 Å². The first-order chi connectivity index (χ1) is 10.7. The third-order valence-corrected chi connectivity index (χ3v) is 4.52. The van der Waals surface area contributed by atoms with E-state index in [1.807, 2.05) is 27.8 Å². The highest BCUT2D eigenvalue weighted by Crippen LogP contribution is 2.33. The smallest absolute Gasteiger partial charge is 0.225 e. The van der Waals surface area contributed by atoms with E-state index in [-0.39, 0.29) is 11.3 Å². The van der Waals surface area contributed by atoms with Crippen molar-refractivity contribution in [1.82, 2.24) is 15.5 Å². The van der Waals surface area contributed by atoms with Crippen LogP contribution in [0, 0.1) is 10.8 Å². The molecule has 0 aromatic rings. The van der Waals surface area contributed by atoms with Gasteiger partial charge >= 0.3 is 0 Å². The Balaban J connectivity index is 2.44. The molecule has 0 aromatic carbocycles. The second-order valence-electron chi connectivity index (χ2n) is 8.07. The van der Waals surface area contributed by atoms with Gasteiger partial charge in [-0.1, -0.05) is 41.0 Å². The van der Waals surface area contributed by atoms with E-state index in [1.165, 1.54) is 25.7 Å². The highest BCUT2D eigenvalue weighted by atomic mass is 16.2. The molecule has 1 amide bonds. The fourth-order valence-electron chi connectivity index (χ4n) is 3.25. The minimum Gasteiger partial charge on any atom is -0.354 e. The van der Waals surface area contributed by atoms with Crippen LogP contribution in [0.2, 0.25) is 0 Å². The molecule has 2 N–H and O–H groups in total. The molecule has 23 heavy (non-hydrogen) atoms. The molecule has 5 nitrogen and oxygen atoms in total. The number of hydrogen-bond donors (Lipinski definition) is 2. The van der Waals surface area contributed by atoms with E-state index in [2.05, 4.69) is 34.4 Å². The largest absolute Gasteiger partial charge is 0.354 e. The van der Waals surface area contributed by atoms with Crippen LogP contribution in [-0.4, -0.2) is 50.0 Å². The zero-order chi connectivity index (χ0) is 17.5. The second kappa shape index (κ2) is 8.55. The minimum atomic E-state index is -0.337. The topological polar surface area (TPSA) is 56.7 Å². The Morgan fingerprint density at radius 3 is 2.48 bits per heavy atom. The average molecular weight is 325 g/mol. The van der Waals surface area contributed by atoms with Gasteiger partial charge in [0.15, 0.2) is 5.96 Å². The number of carbonyl (C=O) groups is 1. The van der Waals surface area contributed by atoms with Gasteiger partial charge in [-0.3, -0.25) is 9.79 Å². The summed E-state index contributed by atoms with van der Waals surface area (Å²) in [6, 6.07) is 0. The zero-order valence-electron chi connectivity index (χ0n) is 16.0. The summed E-state index contributed by atoms with van der Waals surface area (Å²) in [6.07, 6.45) is 5.02. The number of guanidine groups is 1. The van der Waals surface area contributed by atoms with Gasteiger partial charge in [-0.2, -0.15) is 0 Å². The Kier molecular flexibility index (Phi) is 7.36. The van der Waals surface area contributed by atoms with E-state index in [1.54, 1.807) is 0 Å². The summed E-state index contributed by atoms with van der Waals surface area (Å²) < 4.78 is 0. The van der Waals surface area contributed by atoms with Gasteiger partial charge in [-0.25, -0.2) is 0 Å². The van der Waals surface area contributed by atoms with Gasteiger partial charge in [-0.05, 0) is 24.7 Å². The summed E-state index contributed by atoms with van der Waals surface area (Å²) in [4.78, 5) is 18.6.